The molecule has 1 aromatic carbocycles. The first kappa shape index (κ1) is 14.9. The van der Waals surface area contributed by atoms with Gasteiger partial charge in [-0.05, 0) is 48.8 Å². The number of likely N-dealkylation sites (tertiary alicyclic amines) is 1. The summed E-state index contributed by atoms with van der Waals surface area (Å²) >= 11 is 5.97. The lowest BCUT2D eigenvalue weighted by molar-refractivity contribution is -0.144. The molecule has 0 radical (unpaired) electrons. The van der Waals surface area contributed by atoms with Gasteiger partial charge in [-0.3, -0.25) is 9.69 Å². The van der Waals surface area contributed by atoms with Gasteiger partial charge in [0.15, 0.2) is 0 Å². The number of hydrogen-bond donors (Lipinski definition) is 1. The van der Waals surface area contributed by atoms with Crippen molar-refractivity contribution >= 4 is 17.6 Å². The molecular formula is C17H22ClNO2. The van der Waals surface area contributed by atoms with Crippen molar-refractivity contribution in [2.24, 2.45) is 11.8 Å². The summed E-state index contributed by atoms with van der Waals surface area (Å²) in [5.74, 6) is 0.244. The Bertz CT molecular complexity index is 516. The molecule has 1 N–H and O–H groups in total. The number of carboxylic acid groups (broad SMARTS) is 1. The van der Waals surface area contributed by atoms with Gasteiger partial charge in [-0.25, -0.2) is 0 Å². The smallest absolute Gasteiger partial charge is 0.321 e. The molecule has 4 atom stereocenters. The van der Waals surface area contributed by atoms with Crippen LogP contribution in [0.1, 0.15) is 44.2 Å². The first-order valence-corrected chi connectivity index (χ1v) is 8.23. The predicted molar refractivity (Wildman–Crippen MR) is 83.4 cm³/mol. The molecule has 4 heteroatoms. The van der Waals surface area contributed by atoms with Gasteiger partial charge in [0.05, 0.1) is 0 Å². The van der Waals surface area contributed by atoms with E-state index in [0.29, 0.717) is 11.8 Å². The summed E-state index contributed by atoms with van der Waals surface area (Å²) in [4.78, 5) is 14.0. The molecule has 2 fully saturated rings. The zero-order valence-electron chi connectivity index (χ0n) is 12.3. The van der Waals surface area contributed by atoms with E-state index in [-0.39, 0.29) is 12.1 Å². The van der Waals surface area contributed by atoms with Crippen LogP contribution in [0.4, 0.5) is 0 Å². The normalized spacial score (nSPS) is 30.3. The number of fused-ring (bicyclic) bond motifs is 1. The van der Waals surface area contributed by atoms with Crippen molar-refractivity contribution in [3.8, 4) is 0 Å². The third-order valence-corrected chi connectivity index (χ3v) is 5.47. The minimum Gasteiger partial charge on any atom is -0.480 e. The van der Waals surface area contributed by atoms with Crippen molar-refractivity contribution in [1.29, 1.82) is 0 Å². The number of halogens is 1. The zero-order chi connectivity index (χ0) is 15.0. The molecule has 0 amide bonds. The Morgan fingerprint density at radius 2 is 2.10 bits per heavy atom. The van der Waals surface area contributed by atoms with Gasteiger partial charge in [-0.15, -0.1) is 0 Å². The standard InChI is InChI=1S/C17H22ClNO2/c1-2-15(11-6-8-13(18)9-7-11)19-10-12-4-3-5-14(12)16(19)17(20)21/h6-9,12,14-16H,2-5,10H2,1H3,(H,20,21). The molecule has 1 heterocycles. The van der Waals surface area contributed by atoms with Crippen molar-refractivity contribution in [2.45, 2.75) is 44.7 Å². The summed E-state index contributed by atoms with van der Waals surface area (Å²) in [5.41, 5.74) is 1.17. The van der Waals surface area contributed by atoms with E-state index in [1.807, 2.05) is 24.3 Å². The summed E-state index contributed by atoms with van der Waals surface area (Å²) in [5, 5.41) is 10.4. The van der Waals surface area contributed by atoms with E-state index in [2.05, 4.69) is 11.8 Å². The molecule has 1 saturated carbocycles. The topological polar surface area (TPSA) is 40.5 Å². The monoisotopic (exact) mass is 307 g/mol. The van der Waals surface area contributed by atoms with Crippen LogP contribution in [-0.4, -0.2) is 28.6 Å². The molecule has 0 bridgehead atoms. The third kappa shape index (κ3) is 2.69. The van der Waals surface area contributed by atoms with E-state index in [4.69, 9.17) is 11.6 Å². The van der Waals surface area contributed by atoms with Crippen LogP contribution in [0, 0.1) is 11.8 Å². The Balaban J connectivity index is 1.89. The van der Waals surface area contributed by atoms with Crippen LogP contribution in [0.3, 0.4) is 0 Å². The maximum atomic E-state index is 11.8. The number of hydrogen-bond acceptors (Lipinski definition) is 2. The van der Waals surface area contributed by atoms with E-state index in [9.17, 15) is 9.90 Å². The number of carboxylic acids is 1. The molecular weight excluding hydrogens is 286 g/mol. The fourth-order valence-electron chi connectivity index (χ4n) is 4.33. The minimum absolute atomic E-state index is 0.175. The predicted octanol–water partition coefficient (Wildman–Crippen LogP) is 3.98. The minimum atomic E-state index is -0.656. The van der Waals surface area contributed by atoms with Crippen LogP contribution in [-0.2, 0) is 4.79 Å². The molecule has 3 rings (SSSR count). The maximum absolute atomic E-state index is 11.8. The largest absolute Gasteiger partial charge is 0.480 e. The van der Waals surface area contributed by atoms with Crippen molar-refractivity contribution < 1.29 is 9.90 Å². The van der Waals surface area contributed by atoms with Gasteiger partial charge in [-0.1, -0.05) is 37.1 Å². The van der Waals surface area contributed by atoms with Crippen molar-refractivity contribution in [3.05, 3.63) is 34.9 Å². The molecule has 3 nitrogen and oxygen atoms in total. The van der Waals surface area contributed by atoms with E-state index in [0.717, 1.165) is 24.4 Å². The molecule has 0 aromatic heterocycles. The fourth-order valence-corrected chi connectivity index (χ4v) is 4.46. The van der Waals surface area contributed by atoms with Crippen LogP contribution in [0.5, 0.6) is 0 Å². The van der Waals surface area contributed by atoms with E-state index in [1.54, 1.807) is 0 Å². The second kappa shape index (κ2) is 5.98. The number of aliphatic carboxylic acids is 1. The first-order valence-electron chi connectivity index (χ1n) is 7.85. The summed E-state index contributed by atoms with van der Waals surface area (Å²) in [7, 11) is 0. The molecule has 21 heavy (non-hydrogen) atoms. The molecule has 2 aliphatic rings. The van der Waals surface area contributed by atoms with Gasteiger partial charge in [0.2, 0.25) is 0 Å². The van der Waals surface area contributed by atoms with Gasteiger partial charge in [-0.2, -0.15) is 0 Å². The second-order valence-corrected chi connectivity index (χ2v) is 6.75. The lowest BCUT2D eigenvalue weighted by atomic mass is 9.93. The summed E-state index contributed by atoms with van der Waals surface area (Å²) in [6.07, 6.45) is 4.35. The fraction of sp³-hybridized carbons (Fsp3) is 0.588. The SMILES string of the molecule is CCC(c1ccc(Cl)cc1)N1CC2CCCC2C1C(=O)O. The van der Waals surface area contributed by atoms with Crippen molar-refractivity contribution in [1.82, 2.24) is 4.90 Å². The maximum Gasteiger partial charge on any atom is 0.321 e. The quantitative estimate of drug-likeness (QED) is 0.915. The average Bonchev–Trinajstić information content (AvgIpc) is 3.01. The lowest BCUT2D eigenvalue weighted by Crippen LogP contribution is -2.41. The van der Waals surface area contributed by atoms with Crippen molar-refractivity contribution in [3.63, 3.8) is 0 Å². The first-order chi connectivity index (χ1) is 10.1. The van der Waals surface area contributed by atoms with E-state index < -0.39 is 5.97 Å². The van der Waals surface area contributed by atoms with Crippen molar-refractivity contribution in [2.75, 3.05) is 6.54 Å². The average molecular weight is 308 g/mol. The summed E-state index contributed by atoms with van der Waals surface area (Å²) in [6, 6.07) is 7.71. The van der Waals surface area contributed by atoms with Crippen LogP contribution >= 0.6 is 11.6 Å². The highest BCUT2D eigenvalue weighted by Gasteiger charge is 2.49. The highest BCUT2D eigenvalue weighted by Crippen LogP contribution is 2.46. The Labute approximate surface area is 130 Å². The van der Waals surface area contributed by atoms with Gasteiger partial charge < -0.3 is 5.11 Å². The highest BCUT2D eigenvalue weighted by atomic mass is 35.5. The number of benzene rings is 1. The summed E-state index contributed by atoms with van der Waals surface area (Å²) in [6.45, 7) is 3.05. The van der Waals surface area contributed by atoms with Crippen LogP contribution in [0.2, 0.25) is 5.02 Å². The molecule has 0 spiro atoms. The summed E-state index contributed by atoms with van der Waals surface area (Å²) < 4.78 is 0. The van der Waals surface area contributed by atoms with Gasteiger partial charge in [0.1, 0.15) is 6.04 Å². The Hall–Kier alpha value is -1.06. The van der Waals surface area contributed by atoms with Gasteiger partial charge >= 0.3 is 5.97 Å². The van der Waals surface area contributed by atoms with E-state index >= 15 is 0 Å². The lowest BCUT2D eigenvalue weighted by Gasteiger charge is -2.32. The van der Waals surface area contributed by atoms with Crippen LogP contribution in [0.15, 0.2) is 24.3 Å². The van der Waals surface area contributed by atoms with Crippen LogP contribution in [0.25, 0.3) is 0 Å². The Morgan fingerprint density at radius 1 is 1.38 bits per heavy atom. The molecule has 1 aliphatic carbocycles. The van der Waals surface area contributed by atoms with Gasteiger partial charge in [0.25, 0.3) is 0 Å². The molecule has 1 saturated heterocycles. The molecule has 1 aliphatic heterocycles. The Kier molecular flexibility index (Phi) is 4.23. The molecule has 114 valence electrons. The number of rotatable bonds is 4. The Morgan fingerprint density at radius 3 is 2.71 bits per heavy atom. The zero-order valence-corrected chi connectivity index (χ0v) is 13.1. The highest BCUT2D eigenvalue weighted by molar-refractivity contribution is 6.30. The van der Waals surface area contributed by atoms with Gasteiger partial charge in [0, 0.05) is 17.6 Å². The number of nitrogens with zero attached hydrogens (tertiary/aromatic N) is 1. The number of carbonyl (C=O) groups is 1. The molecule has 1 aromatic rings. The van der Waals surface area contributed by atoms with Crippen LogP contribution < -0.4 is 0 Å². The second-order valence-electron chi connectivity index (χ2n) is 6.31. The molecule has 4 unspecified atom stereocenters. The van der Waals surface area contributed by atoms with E-state index in [1.165, 1.54) is 18.4 Å². The third-order valence-electron chi connectivity index (χ3n) is 5.22.